The van der Waals surface area contributed by atoms with Crippen LogP contribution in [-0.4, -0.2) is 49.8 Å². The predicted molar refractivity (Wildman–Crippen MR) is 110 cm³/mol. The molecule has 0 radical (unpaired) electrons. The smallest absolute Gasteiger partial charge is 0.256 e. The van der Waals surface area contributed by atoms with Gasteiger partial charge in [0, 0.05) is 19.3 Å². The van der Waals surface area contributed by atoms with E-state index in [1.54, 1.807) is 7.11 Å². The fraction of sp³-hybridized carbons (Fsp3) is 0.682. The van der Waals surface area contributed by atoms with Crippen molar-refractivity contribution in [3.8, 4) is 5.75 Å². The number of carbonyl (C=O) groups excluding carboxylic acids is 1. The van der Waals surface area contributed by atoms with E-state index in [1.165, 1.54) is 25.9 Å². The standard InChI is InChI=1S/C22H36N2O3/c1-5-13-22(3,26-4)21(25)23-19-7-9-20(10-8-19)27-17-6-14-24-15-11-18(2)12-16-24/h7-10,18H,5-6,11-17H2,1-4H3,(H,23,25)/t22-/m0/s1. The van der Waals surface area contributed by atoms with Gasteiger partial charge in [-0.15, -0.1) is 0 Å². The maximum Gasteiger partial charge on any atom is 0.256 e. The van der Waals surface area contributed by atoms with E-state index in [0.29, 0.717) is 6.42 Å². The molecule has 0 aliphatic carbocycles. The lowest BCUT2D eigenvalue weighted by Gasteiger charge is -2.30. The van der Waals surface area contributed by atoms with Crippen molar-refractivity contribution in [2.45, 2.75) is 58.5 Å². The Kier molecular flexibility index (Phi) is 8.58. The van der Waals surface area contributed by atoms with Crippen molar-refractivity contribution < 1.29 is 14.3 Å². The van der Waals surface area contributed by atoms with Crippen molar-refractivity contribution >= 4 is 11.6 Å². The molecule has 1 amide bonds. The molecule has 5 heteroatoms. The zero-order chi connectivity index (χ0) is 19.7. The number of nitrogens with zero attached hydrogens (tertiary/aromatic N) is 1. The van der Waals surface area contributed by atoms with Crippen LogP contribution in [0.2, 0.25) is 0 Å². The number of hydrogen-bond acceptors (Lipinski definition) is 4. The third kappa shape index (κ3) is 6.82. The Balaban J connectivity index is 1.72. The molecule has 1 heterocycles. The van der Waals surface area contributed by atoms with Gasteiger partial charge in [0.05, 0.1) is 6.61 Å². The Hall–Kier alpha value is -1.59. The molecule has 1 aromatic rings. The number of piperidine rings is 1. The largest absolute Gasteiger partial charge is 0.494 e. The van der Waals surface area contributed by atoms with Crippen molar-refractivity contribution in [2.24, 2.45) is 5.92 Å². The highest BCUT2D eigenvalue weighted by molar-refractivity contribution is 5.97. The van der Waals surface area contributed by atoms with Gasteiger partial charge in [0.15, 0.2) is 0 Å². The minimum atomic E-state index is -0.795. The molecule has 1 aliphatic rings. The molecule has 0 aromatic heterocycles. The van der Waals surface area contributed by atoms with Crippen LogP contribution >= 0.6 is 0 Å². The monoisotopic (exact) mass is 376 g/mol. The first kappa shape index (κ1) is 21.7. The number of ether oxygens (including phenoxy) is 2. The highest BCUT2D eigenvalue weighted by atomic mass is 16.5. The third-order valence-electron chi connectivity index (χ3n) is 5.53. The highest BCUT2D eigenvalue weighted by Crippen LogP contribution is 2.22. The second kappa shape index (κ2) is 10.7. The van der Waals surface area contributed by atoms with Crippen LogP contribution in [0.15, 0.2) is 24.3 Å². The first-order chi connectivity index (χ1) is 13.0. The van der Waals surface area contributed by atoms with Crippen LogP contribution in [0.3, 0.4) is 0 Å². The van der Waals surface area contributed by atoms with Gasteiger partial charge in [-0.3, -0.25) is 4.79 Å². The third-order valence-corrected chi connectivity index (χ3v) is 5.53. The van der Waals surface area contributed by atoms with Crippen molar-refractivity contribution in [1.82, 2.24) is 4.90 Å². The average Bonchev–Trinajstić information content (AvgIpc) is 2.68. The molecule has 1 atom stereocenters. The maximum absolute atomic E-state index is 12.4. The van der Waals surface area contributed by atoms with Crippen LogP contribution in [0.5, 0.6) is 5.75 Å². The van der Waals surface area contributed by atoms with Gasteiger partial charge in [-0.1, -0.05) is 20.3 Å². The van der Waals surface area contributed by atoms with Crippen LogP contribution in [0.1, 0.15) is 52.9 Å². The number of hydrogen-bond donors (Lipinski definition) is 1. The van der Waals surface area contributed by atoms with E-state index in [4.69, 9.17) is 9.47 Å². The lowest BCUT2D eigenvalue weighted by Crippen LogP contribution is -2.41. The summed E-state index contributed by atoms with van der Waals surface area (Å²) in [6, 6.07) is 7.56. The zero-order valence-electron chi connectivity index (χ0n) is 17.4. The number of rotatable bonds is 10. The fourth-order valence-electron chi connectivity index (χ4n) is 3.45. The van der Waals surface area contributed by atoms with Gasteiger partial charge < -0.3 is 19.7 Å². The minimum absolute atomic E-state index is 0.114. The molecule has 1 aromatic carbocycles. The number of benzene rings is 1. The summed E-state index contributed by atoms with van der Waals surface area (Å²) in [5.41, 5.74) is -0.0370. The number of methoxy groups -OCH3 is 1. The highest BCUT2D eigenvalue weighted by Gasteiger charge is 2.32. The lowest BCUT2D eigenvalue weighted by molar-refractivity contribution is -0.136. The van der Waals surface area contributed by atoms with Gasteiger partial charge in [-0.2, -0.15) is 0 Å². The molecule has 5 nitrogen and oxygen atoms in total. The van der Waals surface area contributed by atoms with Crippen LogP contribution in [0, 0.1) is 5.92 Å². The molecule has 0 saturated carbocycles. The summed E-state index contributed by atoms with van der Waals surface area (Å²) in [6.07, 6.45) is 5.24. The molecule has 1 fully saturated rings. The number of nitrogens with one attached hydrogen (secondary N) is 1. The summed E-state index contributed by atoms with van der Waals surface area (Å²) >= 11 is 0. The Labute approximate surface area is 164 Å². The van der Waals surface area contributed by atoms with E-state index in [2.05, 4.69) is 17.1 Å². The molecule has 0 unspecified atom stereocenters. The van der Waals surface area contributed by atoms with Gasteiger partial charge >= 0.3 is 0 Å². The maximum atomic E-state index is 12.4. The summed E-state index contributed by atoms with van der Waals surface area (Å²) in [4.78, 5) is 15.0. The van der Waals surface area contributed by atoms with Crippen molar-refractivity contribution in [1.29, 1.82) is 0 Å². The van der Waals surface area contributed by atoms with Gasteiger partial charge in [-0.05, 0) is 75.9 Å². The molecule has 1 N–H and O–H groups in total. The number of amides is 1. The van der Waals surface area contributed by atoms with E-state index >= 15 is 0 Å². The van der Waals surface area contributed by atoms with Crippen LogP contribution in [0.25, 0.3) is 0 Å². The molecule has 1 saturated heterocycles. The molecule has 1 aliphatic heterocycles. The summed E-state index contributed by atoms with van der Waals surface area (Å²) < 4.78 is 11.3. The minimum Gasteiger partial charge on any atom is -0.494 e. The van der Waals surface area contributed by atoms with Crippen molar-refractivity contribution in [3.63, 3.8) is 0 Å². The van der Waals surface area contributed by atoms with Crippen LogP contribution < -0.4 is 10.1 Å². The number of carbonyl (C=O) groups is 1. The quantitative estimate of drug-likeness (QED) is 0.618. The van der Waals surface area contributed by atoms with Gasteiger partial charge in [0.2, 0.25) is 0 Å². The number of anilines is 1. The number of likely N-dealkylation sites (tertiary alicyclic amines) is 1. The average molecular weight is 377 g/mol. The van der Waals surface area contributed by atoms with Gasteiger partial charge in [-0.25, -0.2) is 0 Å². The van der Waals surface area contributed by atoms with E-state index in [-0.39, 0.29) is 5.91 Å². The first-order valence-corrected chi connectivity index (χ1v) is 10.3. The Morgan fingerprint density at radius 3 is 2.52 bits per heavy atom. The van der Waals surface area contributed by atoms with E-state index in [9.17, 15) is 4.79 Å². The molecule has 152 valence electrons. The topological polar surface area (TPSA) is 50.8 Å². The molecule has 0 bridgehead atoms. The molecule has 2 rings (SSSR count). The SMILES string of the molecule is CCC[C@](C)(OC)C(=O)Nc1ccc(OCCCN2CCC(C)CC2)cc1. The molecular formula is C22H36N2O3. The predicted octanol–water partition coefficient (Wildman–Crippen LogP) is 4.33. The molecule has 27 heavy (non-hydrogen) atoms. The Bertz CT molecular complexity index is 567. The summed E-state index contributed by atoms with van der Waals surface area (Å²) in [7, 11) is 1.58. The van der Waals surface area contributed by atoms with Crippen molar-refractivity contribution in [3.05, 3.63) is 24.3 Å². The Morgan fingerprint density at radius 1 is 1.26 bits per heavy atom. The summed E-state index contributed by atoms with van der Waals surface area (Å²) in [5, 5.41) is 2.93. The molecule has 0 spiro atoms. The zero-order valence-corrected chi connectivity index (χ0v) is 17.4. The second-order valence-electron chi connectivity index (χ2n) is 7.89. The summed E-state index contributed by atoms with van der Waals surface area (Å²) in [6.45, 7) is 10.5. The van der Waals surface area contributed by atoms with E-state index in [1.807, 2.05) is 38.1 Å². The summed E-state index contributed by atoms with van der Waals surface area (Å²) in [5.74, 6) is 1.60. The van der Waals surface area contributed by atoms with Gasteiger partial charge in [0.25, 0.3) is 5.91 Å². The normalized spacial score (nSPS) is 18.1. The van der Waals surface area contributed by atoms with Crippen molar-refractivity contribution in [2.75, 3.05) is 38.7 Å². The van der Waals surface area contributed by atoms with Crippen LogP contribution in [0.4, 0.5) is 5.69 Å². The second-order valence-corrected chi connectivity index (χ2v) is 7.89. The first-order valence-electron chi connectivity index (χ1n) is 10.3. The van der Waals surface area contributed by atoms with Crippen LogP contribution in [-0.2, 0) is 9.53 Å². The van der Waals surface area contributed by atoms with Gasteiger partial charge in [0.1, 0.15) is 11.4 Å². The lowest BCUT2D eigenvalue weighted by atomic mass is 9.99. The Morgan fingerprint density at radius 2 is 1.93 bits per heavy atom. The van der Waals surface area contributed by atoms with E-state index in [0.717, 1.165) is 43.3 Å². The van der Waals surface area contributed by atoms with E-state index < -0.39 is 5.60 Å². The molecular weight excluding hydrogens is 340 g/mol. The fourth-order valence-corrected chi connectivity index (χ4v) is 3.45.